The summed E-state index contributed by atoms with van der Waals surface area (Å²) in [6.07, 6.45) is 0. The van der Waals surface area contributed by atoms with Gasteiger partial charge in [0, 0.05) is 24.0 Å². The fourth-order valence-corrected chi connectivity index (χ4v) is 3.10. The molecule has 1 aromatic heterocycles. The normalized spacial score (nSPS) is 10.6. The highest BCUT2D eigenvalue weighted by Crippen LogP contribution is 2.24. The van der Waals surface area contributed by atoms with Crippen LogP contribution in [-0.4, -0.2) is 17.1 Å². The Kier molecular flexibility index (Phi) is 5.33. The van der Waals surface area contributed by atoms with Gasteiger partial charge < -0.3 is 15.4 Å². The van der Waals surface area contributed by atoms with Crippen LogP contribution in [0.25, 0.3) is 10.9 Å². The molecule has 0 amide bonds. The average Bonchev–Trinajstić information content (AvgIpc) is 2.77. The molecule has 5 nitrogen and oxygen atoms in total. The van der Waals surface area contributed by atoms with Gasteiger partial charge >= 0.3 is 0 Å². The minimum atomic E-state index is 0.602. The molecule has 5 heteroatoms. The molecule has 140 valence electrons. The lowest BCUT2D eigenvalue weighted by molar-refractivity contribution is 0.410. The summed E-state index contributed by atoms with van der Waals surface area (Å²) < 4.78 is 5.45. The van der Waals surface area contributed by atoms with Crippen LogP contribution in [0.15, 0.2) is 78.9 Å². The number of nitrogens with zero attached hydrogens (tertiary/aromatic N) is 2. The number of rotatable bonds is 7. The van der Waals surface area contributed by atoms with Crippen LogP contribution in [0.5, 0.6) is 5.75 Å². The van der Waals surface area contributed by atoms with Crippen molar-refractivity contribution in [3.63, 3.8) is 0 Å². The van der Waals surface area contributed by atoms with Crippen molar-refractivity contribution in [2.45, 2.75) is 13.1 Å². The first-order valence-electron chi connectivity index (χ1n) is 9.24. The van der Waals surface area contributed by atoms with Crippen molar-refractivity contribution >= 4 is 22.7 Å². The van der Waals surface area contributed by atoms with E-state index in [4.69, 9.17) is 9.72 Å². The number of methoxy groups -OCH3 is 1. The Morgan fingerprint density at radius 1 is 0.750 bits per heavy atom. The van der Waals surface area contributed by atoms with Crippen LogP contribution in [-0.2, 0) is 13.1 Å². The van der Waals surface area contributed by atoms with E-state index in [9.17, 15) is 0 Å². The van der Waals surface area contributed by atoms with Crippen LogP contribution in [0.2, 0.25) is 0 Å². The van der Waals surface area contributed by atoms with Gasteiger partial charge in [0.05, 0.1) is 12.6 Å². The van der Waals surface area contributed by atoms with Crippen molar-refractivity contribution in [1.29, 1.82) is 0 Å². The number of nitrogens with one attached hydrogen (secondary N) is 2. The van der Waals surface area contributed by atoms with Crippen molar-refractivity contribution in [2.75, 3.05) is 17.7 Å². The monoisotopic (exact) mass is 370 g/mol. The van der Waals surface area contributed by atoms with Crippen LogP contribution < -0.4 is 15.4 Å². The molecular weight excluding hydrogens is 348 g/mol. The molecule has 4 aromatic rings. The van der Waals surface area contributed by atoms with Crippen LogP contribution in [0.4, 0.5) is 11.8 Å². The smallest absolute Gasteiger partial charge is 0.225 e. The van der Waals surface area contributed by atoms with Gasteiger partial charge in [0.15, 0.2) is 0 Å². The molecule has 0 saturated carbocycles. The number of para-hydroxylation sites is 2. The molecule has 0 atom stereocenters. The standard InChI is InChI=1S/C23H22N4O/c1-28-21-14-8-5-11-18(21)16-24-22-19-12-6-7-13-20(19)26-23(27-22)25-15-17-9-3-2-4-10-17/h2-14H,15-16H2,1H3,(H2,24,25,26,27). The summed E-state index contributed by atoms with van der Waals surface area (Å²) in [4.78, 5) is 9.37. The summed E-state index contributed by atoms with van der Waals surface area (Å²) in [5.41, 5.74) is 3.16. The highest BCUT2D eigenvalue weighted by atomic mass is 16.5. The molecule has 2 N–H and O–H groups in total. The molecule has 0 saturated heterocycles. The van der Waals surface area contributed by atoms with E-state index in [-0.39, 0.29) is 0 Å². The lowest BCUT2D eigenvalue weighted by Gasteiger charge is -2.13. The minimum absolute atomic E-state index is 0.602. The Morgan fingerprint density at radius 3 is 2.36 bits per heavy atom. The van der Waals surface area contributed by atoms with Gasteiger partial charge in [-0.2, -0.15) is 4.98 Å². The first-order valence-corrected chi connectivity index (χ1v) is 9.24. The van der Waals surface area contributed by atoms with Crippen LogP contribution in [0.3, 0.4) is 0 Å². The Balaban J connectivity index is 1.59. The average molecular weight is 370 g/mol. The van der Waals surface area contributed by atoms with Crippen molar-refractivity contribution in [1.82, 2.24) is 9.97 Å². The van der Waals surface area contributed by atoms with E-state index in [1.807, 2.05) is 66.7 Å². The molecule has 3 aromatic carbocycles. The van der Waals surface area contributed by atoms with Crippen LogP contribution in [0.1, 0.15) is 11.1 Å². The first-order chi connectivity index (χ1) is 13.8. The molecule has 0 radical (unpaired) electrons. The van der Waals surface area contributed by atoms with E-state index in [0.717, 1.165) is 28.0 Å². The number of fused-ring (bicyclic) bond motifs is 1. The van der Waals surface area contributed by atoms with Gasteiger partial charge in [-0.3, -0.25) is 0 Å². The largest absolute Gasteiger partial charge is 0.496 e. The third-order valence-corrected chi connectivity index (χ3v) is 4.54. The Bertz CT molecular complexity index is 1070. The molecule has 0 unspecified atom stereocenters. The summed E-state index contributed by atoms with van der Waals surface area (Å²) in [5.74, 6) is 2.26. The molecule has 0 fully saturated rings. The van der Waals surface area contributed by atoms with E-state index in [0.29, 0.717) is 19.0 Å². The Hall–Kier alpha value is -3.60. The van der Waals surface area contributed by atoms with Crippen molar-refractivity contribution in [2.24, 2.45) is 0 Å². The summed E-state index contributed by atoms with van der Waals surface area (Å²) in [7, 11) is 1.69. The zero-order valence-electron chi connectivity index (χ0n) is 15.7. The van der Waals surface area contributed by atoms with E-state index >= 15 is 0 Å². The fourth-order valence-electron chi connectivity index (χ4n) is 3.10. The third-order valence-electron chi connectivity index (χ3n) is 4.54. The number of hydrogen-bond donors (Lipinski definition) is 2. The first kappa shape index (κ1) is 17.8. The SMILES string of the molecule is COc1ccccc1CNc1nc(NCc2ccccc2)nc2ccccc12. The summed E-state index contributed by atoms with van der Waals surface area (Å²) in [6, 6.07) is 26.2. The zero-order valence-corrected chi connectivity index (χ0v) is 15.7. The van der Waals surface area contributed by atoms with Gasteiger partial charge in [-0.15, -0.1) is 0 Å². The highest BCUT2D eigenvalue weighted by molar-refractivity contribution is 5.90. The van der Waals surface area contributed by atoms with E-state index in [1.54, 1.807) is 7.11 Å². The van der Waals surface area contributed by atoms with Crippen molar-refractivity contribution in [3.05, 3.63) is 90.0 Å². The van der Waals surface area contributed by atoms with Crippen LogP contribution >= 0.6 is 0 Å². The third kappa shape index (κ3) is 4.04. The molecular formula is C23H22N4O. The van der Waals surface area contributed by atoms with Gasteiger partial charge in [-0.25, -0.2) is 4.98 Å². The summed E-state index contributed by atoms with van der Waals surface area (Å²) in [6.45, 7) is 1.29. The maximum Gasteiger partial charge on any atom is 0.225 e. The molecule has 0 aliphatic heterocycles. The molecule has 0 aliphatic carbocycles. The highest BCUT2D eigenvalue weighted by Gasteiger charge is 2.09. The fraction of sp³-hybridized carbons (Fsp3) is 0.130. The maximum atomic E-state index is 5.45. The van der Waals surface area contributed by atoms with Gasteiger partial charge in [0.2, 0.25) is 5.95 Å². The Morgan fingerprint density at radius 2 is 1.50 bits per heavy atom. The van der Waals surface area contributed by atoms with Gasteiger partial charge in [0.1, 0.15) is 11.6 Å². The van der Waals surface area contributed by atoms with Gasteiger partial charge in [-0.05, 0) is 23.8 Å². The summed E-state index contributed by atoms with van der Waals surface area (Å²) in [5, 5.41) is 7.76. The van der Waals surface area contributed by atoms with E-state index in [1.165, 1.54) is 5.56 Å². The van der Waals surface area contributed by atoms with Gasteiger partial charge in [-0.1, -0.05) is 60.7 Å². The number of ether oxygens (including phenoxy) is 1. The topological polar surface area (TPSA) is 59.1 Å². The molecule has 0 bridgehead atoms. The second kappa shape index (κ2) is 8.39. The van der Waals surface area contributed by atoms with Gasteiger partial charge in [0.25, 0.3) is 0 Å². The quantitative estimate of drug-likeness (QED) is 0.486. The molecule has 0 aliphatic rings. The predicted molar refractivity (Wildman–Crippen MR) is 114 cm³/mol. The van der Waals surface area contributed by atoms with Crippen molar-refractivity contribution < 1.29 is 4.74 Å². The molecule has 4 rings (SSSR count). The summed E-state index contributed by atoms with van der Waals surface area (Å²) >= 11 is 0. The molecule has 1 heterocycles. The molecule has 28 heavy (non-hydrogen) atoms. The Labute approximate surface area is 164 Å². The number of aromatic nitrogens is 2. The second-order valence-corrected chi connectivity index (χ2v) is 6.42. The predicted octanol–water partition coefficient (Wildman–Crippen LogP) is 4.86. The number of hydrogen-bond acceptors (Lipinski definition) is 5. The van der Waals surface area contributed by atoms with E-state index < -0.39 is 0 Å². The van der Waals surface area contributed by atoms with Crippen LogP contribution in [0, 0.1) is 0 Å². The molecule has 0 spiro atoms. The second-order valence-electron chi connectivity index (χ2n) is 6.42. The lowest BCUT2D eigenvalue weighted by atomic mass is 10.2. The number of benzene rings is 3. The lowest BCUT2D eigenvalue weighted by Crippen LogP contribution is -2.08. The minimum Gasteiger partial charge on any atom is -0.496 e. The van der Waals surface area contributed by atoms with Crippen molar-refractivity contribution in [3.8, 4) is 5.75 Å². The number of anilines is 2. The maximum absolute atomic E-state index is 5.45. The zero-order chi connectivity index (χ0) is 19.2. The van der Waals surface area contributed by atoms with E-state index in [2.05, 4.69) is 27.8 Å².